The number of aromatic nitrogens is 1. The summed E-state index contributed by atoms with van der Waals surface area (Å²) in [6.45, 7) is 0. The Labute approximate surface area is 291 Å². The summed E-state index contributed by atoms with van der Waals surface area (Å²) in [4.78, 5) is 2.41. The van der Waals surface area contributed by atoms with Gasteiger partial charge in [-0.15, -0.1) is 11.3 Å². The number of nitrogens with zero attached hydrogens (tertiary/aromatic N) is 2. The molecule has 0 aliphatic heterocycles. The van der Waals surface area contributed by atoms with Crippen LogP contribution < -0.4 is 4.90 Å². The molecule has 0 saturated carbocycles. The van der Waals surface area contributed by atoms with Gasteiger partial charge in [0.05, 0.1) is 22.1 Å². The highest BCUT2D eigenvalue weighted by Crippen LogP contribution is 2.46. The predicted octanol–water partition coefficient (Wildman–Crippen LogP) is 13.7. The average Bonchev–Trinajstić information content (AvgIpc) is 3.83. The van der Waals surface area contributed by atoms with E-state index in [9.17, 15) is 0 Å². The molecule has 4 heteroatoms. The van der Waals surface area contributed by atoms with Crippen LogP contribution in [-0.4, -0.2) is 4.57 Å². The minimum absolute atomic E-state index is 0.878. The number of anilines is 3. The normalized spacial score (nSPS) is 12.0. The molecule has 0 radical (unpaired) electrons. The van der Waals surface area contributed by atoms with Crippen LogP contribution in [0.5, 0.6) is 0 Å². The van der Waals surface area contributed by atoms with Gasteiger partial charge in [-0.3, -0.25) is 0 Å². The fourth-order valence-electron chi connectivity index (χ4n) is 7.91. The number of benzene rings is 8. The van der Waals surface area contributed by atoms with Crippen LogP contribution in [0.2, 0.25) is 0 Å². The minimum atomic E-state index is 0.878. The van der Waals surface area contributed by atoms with E-state index < -0.39 is 0 Å². The Morgan fingerprint density at radius 3 is 1.98 bits per heavy atom. The number of fused-ring (bicyclic) bond motifs is 10. The Kier molecular flexibility index (Phi) is 5.83. The summed E-state index contributed by atoms with van der Waals surface area (Å²) in [5, 5.41) is 9.81. The first-order valence-corrected chi connectivity index (χ1v) is 17.7. The van der Waals surface area contributed by atoms with E-state index in [-0.39, 0.29) is 0 Å². The second-order valence-corrected chi connectivity index (χ2v) is 14.0. The first-order valence-electron chi connectivity index (χ1n) is 16.9. The second kappa shape index (κ2) is 10.6. The van der Waals surface area contributed by atoms with Crippen molar-refractivity contribution in [3.05, 3.63) is 170 Å². The number of furan rings is 1. The van der Waals surface area contributed by atoms with E-state index in [4.69, 9.17) is 4.42 Å². The molecule has 3 nitrogen and oxygen atoms in total. The monoisotopic (exact) mass is 656 g/mol. The van der Waals surface area contributed by atoms with Crippen molar-refractivity contribution in [2.24, 2.45) is 0 Å². The van der Waals surface area contributed by atoms with Crippen LogP contribution in [0.1, 0.15) is 0 Å². The predicted molar refractivity (Wildman–Crippen MR) is 213 cm³/mol. The molecule has 0 aliphatic carbocycles. The summed E-state index contributed by atoms with van der Waals surface area (Å²) in [5.41, 5.74) is 8.54. The van der Waals surface area contributed by atoms with Gasteiger partial charge in [-0.05, 0) is 83.6 Å². The van der Waals surface area contributed by atoms with Gasteiger partial charge in [0.1, 0.15) is 11.2 Å². The van der Waals surface area contributed by atoms with Gasteiger partial charge in [0.15, 0.2) is 0 Å². The van der Waals surface area contributed by atoms with E-state index >= 15 is 0 Å². The molecule has 0 atom stereocenters. The summed E-state index contributed by atoms with van der Waals surface area (Å²) in [6, 6.07) is 61.3. The van der Waals surface area contributed by atoms with Crippen molar-refractivity contribution < 1.29 is 4.42 Å². The topological polar surface area (TPSA) is 21.3 Å². The molecule has 3 aromatic heterocycles. The zero-order valence-electron chi connectivity index (χ0n) is 26.9. The molecule has 3 heterocycles. The molecule has 8 aromatic carbocycles. The van der Waals surface area contributed by atoms with E-state index in [0.29, 0.717) is 0 Å². The van der Waals surface area contributed by atoms with E-state index in [1.165, 1.54) is 52.8 Å². The molecule has 11 rings (SSSR count). The third-order valence-electron chi connectivity index (χ3n) is 10.1. The van der Waals surface area contributed by atoms with Gasteiger partial charge >= 0.3 is 0 Å². The molecule has 0 amide bonds. The number of rotatable bonds is 4. The quantitative estimate of drug-likeness (QED) is 0.188. The third-order valence-corrected chi connectivity index (χ3v) is 11.2. The summed E-state index contributed by atoms with van der Waals surface area (Å²) >= 11 is 1.86. The first-order chi connectivity index (χ1) is 24.8. The highest BCUT2D eigenvalue weighted by Gasteiger charge is 2.22. The van der Waals surface area contributed by atoms with E-state index in [1.807, 2.05) is 17.4 Å². The van der Waals surface area contributed by atoms with Gasteiger partial charge in [0, 0.05) is 53.4 Å². The Hall–Kier alpha value is -6.36. The van der Waals surface area contributed by atoms with Crippen LogP contribution in [-0.2, 0) is 0 Å². The highest BCUT2D eigenvalue weighted by atomic mass is 32.1. The lowest BCUT2D eigenvalue weighted by molar-refractivity contribution is 0.669. The molecular formula is C46H28N2OS. The van der Waals surface area contributed by atoms with Crippen molar-refractivity contribution in [1.82, 2.24) is 4.57 Å². The smallest absolute Gasteiger partial charge is 0.137 e. The van der Waals surface area contributed by atoms with Gasteiger partial charge in [0.25, 0.3) is 0 Å². The number of para-hydroxylation sites is 3. The van der Waals surface area contributed by atoms with Crippen LogP contribution in [0.3, 0.4) is 0 Å². The molecule has 0 saturated heterocycles. The standard InChI is InChI=1S/C46H28N2OS/c1-2-13-31(14-3-1)48-39-17-8-6-15-34(39)35-23-21-32(27-41(35)48)47(40-18-10-20-43-46(40)37-16-7-9-19-42(37)49-43)33-22-24-36-38-25-29-11-4-5-12-30(29)26-44(38)50-45(36)28-33/h1-28H. The van der Waals surface area contributed by atoms with Gasteiger partial charge in [-0.2, -0.15) is 0 Å². The summed E-state index contributed by atoms with van der Waals surface area (Å²) < 4.78 is 11.4. The summed E-state index contributed by atoms with van der Waals surface area (Å²) in [7, 11) is 0. The lowest BCUT2D eigenvalue weighted by Gasteiger charge is -2.26. The van der Waals surface area contributed by atoms with Crippen molar-refractivity contribution in [2.45, 2.75) is 0 Å². The van der Waals surface area contributed by atoms with Crippen molar-refractivity contribution in [1.29, 1.82) is 0 Å². The fourth-order valence-corrected chi connectivity index (χ4v) is 9.08. The largest absolute Gasteiger partial charge is 0.456 e. The molecule has 0 N–H and O–H groups in total. The Morgan fingerprint density at radius 2 is 1.10 bits per heavy atom. The lowest BCUT2D eigenvalue weighted by atomic mass is 10.0. The fraction of sp³-hybridized carbons (Fsp3) is 0. The maximum atomic E-state index is 6.42. The van der Waals surface area contributed by atoms with Crippen molar-refractivity contribution in [3.8, 4) is 5.69 Å². The van der Waals surface area contributed by atoms with E-state index in [2.05, 4.69) is 173 Å². The van der Waals surface area contributed by atoms with Crippen molar-refractivity contribution in [3.63, 3.8) is 0 Å². The van der Waals surface area contributed by atoms with Gasteiger partial charge in [-0.25, -0.2) is 0 Å². The lowest BCUT2D eigenvalue weighted by Crippen LogP contribution is -2.10. The summed E-state index contributed by atoms with van der Waals surface area (Å²) in [6.07, 6.45) is 0. The van der Waals surface area contributed by atoms with Crippen molar-refractivity contribution >= 4 is 103 Å². The Morgan fingerprint density at radius 1 is 0.440 bits per heavy atom. The molecule has 11 aromatic rings. The van der Waals surface area contributed by atoms with Crippen LogP contribution >= 0.6 is 11.3 Å². The molecular weight excluding hydrogens is 629 g/mol. The molecule has 0 aliphatic rings. The molecule has 50 heavy (non-hydrogen) atoms. The molecule has 0 unspecified atom stereocenters. The van der Waals surface area contributed by atoms with Crippen molar-refractivity contribution in [2.75, 3.05) is 4.90 Å². The van der Waals surface area contributed by atoms with Crippen LogP contribution in [0.15, 0.2) is 174 Å². The zero-order chi connectivity index (χ0) is 32.8. The average molecular weight is 657 g/mol. The molecule has 0 bridgehead atoms. The summed E-state index contributed by atoms with van der Waals surface area (Å²) in [5.74, 6) is 0. The van der Waals surface area contributed by atoms with E-state index in [0.717, 1.165) is 44.7 Å². The Balaban J connectivity index is 1.21. The number of thiophene rings is 1. The zero-order valence-corrected chi connectivity index (χ0v) is 27.7. The molecule has 0 fully saturated rings. The minimum Gasteiger partial charge on any atom is -0.456 e. The SMILES string of the molecule is c1ccc(-n2c3ccccc3c3ccc(N(c4ccc5c(c4)sc4cc6ccccc6cc45)c4cccc5oc6ccccc6c45)cc32)cc1. The third kappa shape index (κ3) is 4.03. The first kappa shape index (κ1) is 27.6. The van der Waals surface area contributed by atoms with Crippen LogP contribution in [0.4, 0.5) is 17.1 Å². The van der Waals surface area contributed by atoms with Gasteiger partial charge < -0.3 is 13.9 Å². The van der Waals surface area contributed by atoms with E-state index in [1.54, 1.807) is 0 Å². The number of hydrogen-bond acceptors (Lipinski definition) is 3. The van der Waals surface area contributed by atoms with Crippen LogP contribution in [0.25, 0.3) is 80.4 Å². The molecule has 0 spiro atoms. The van der Waals surface area contributed by atoms with Gasteiger partial charge in [-0.1, -0.05) is 97.1 Å². The maximum absolute atomic E-state index is 6.42. The van der Waals surface area contributed by atoms with Crippen LogP contribution in [0, 0.1) is 0 Å². The maximum Gasteiger partial charge on any atom is 0.137 e. The second-order valence-electron chi connectivity index (χ2n) is 13.0. The van der Waals surface area contributed by atoms with Gasteiger partial charge in [0.2, 0.25) is 0 Å². The highest BCUT2D eigenvalue weighted by molar-refractivity contribution is 7.25. The molecule has 234 valence electrons. The number of hydrogen-bond donors (Lipinski definition) is 0. The Bertz CT molecular complexity index is 3110.